The van der Waals surface area contributed by atoms with Gasteiger partial charge in [-0.05, 0) is 26.2 Å². The summed E-state index contributed by atoms with van der Waals surface area (Å²) in [6, 6.07) is 0. The van der Waals surface area contributed by atoms with Crippen LogP contribution in [0.1, 0.15) is 32.0 Å². The number of piperidine rings is 1. The summed E-state index contributed by atoms with van der Waals surface area (Å²) >= 11 is 0. The van der Waals surface area contributed by atoms with Crippen molar-refractivity contribution in [1.29, 1.82) is 0 Å². The summed E-state index contributed by atoms with van der Waals surface area (Å²) in [5.74, 6) is -0.919. The van der Waals surface area contributed by atoms with E-state index in [0.29, 0.717) is 31.8 Å². The number of aryl methyl sites for hydroxylation is 2. The zero-order chi connectivity index (χ0) is 15.6. The number of imidazole rings is 1. The lowest BCUT2D eigenvalue weighted by Gasteiger charge is -2.29. The smallest absolute Gasteiger partial charge is 0.307 e. The van der Waals surface area contributed by atoms with Crippen LogP contribution >= 0.6 is 0 Å². The summed E-state index contributed by atoms with van der Waals surface area (Å²) in [6.45, 7) is 4.87. The van der Waals surface area contributed by atoms with E-state index < -0.39 is 21.9 Å². The van der Waals surface area contributed by atoms with Gasteiger partial charge in [-0.1, -0.05) is 6.92 Å². The molecule has 0 spiro atoms. The highest BCUT2D eigenvalue weighted by atomic mass is 32.2. The predicted octanol–water partition coefficient (Wildman–Crippen LogP) is 1.09. The summed E-state index contributed by atoms with van der Waals surface area (Å²) in [7, 11) is -3.71. The van der Waals surface area contributed by atoms with Crippen molar-refractivity contribution in [2.24, 2.45) is 5.92 Å². The first-order chi connectivity index (χ1) is 9.86. The average Bonchev–Trinajstić information content (AvgIpc) is 2.81. The number of hydrogen-bond donors (Lipinski definition) is 1. The molecule has 1 N–H and O–H groups in total. The van der Waals surface area contributed by atoms with E-state index in [1.807, 2.05) is 11.5 Å². The number of hydrogen-bond acceptors (Lipinski definition) is 4. The minimum atomic E-state index is -3.71. The molecule has 118 valence electrons. The van der Waals surface area contributed by atoms with Crippen molar-refractivity contribution in [3.63, 3.8) is 0 Å². The van der Waals surface area contributed by atoms with Gasteiger partial charge in [-0.3, -0.25) is 4.79 Å². The highest BCUT2D eigenvalue weighted by molar-refractivity contribution is 7.89. The molecule has 1 atom stereocenters. The summed E-state index contributed by atoms with van der Waals surface area (Å²) < 4.78 is 28.2. The second kappa shape index (κ2) is 6.15. The molecule has 8 heteroatoms. The Morgan fingerprint density at radius 3 is 2.86 bits per heavy atom. The number of carboxylic acid groups (broad SMARTS) is 1. The van der Waals surface area contributed by atoms with Crippen LogP contribution in [0.25, 0.3) is 0 Å². The molecule has 0 aromatic carbocycles. The lowest BCUT2D eigenvalue weighted by molar-refractivity contribution is -0.142. The van der Waals surface area contributed by atoms with Gasteiger partial charge in [0.05, 0.1) is 5.92 Å². The van der Waals surface area contributed by atoms with Gasteiger partial charge in [0.15, 0.2) is 5.03 Å². The maximum Gasteiger partial charge on any atom is 0.307 e. The summed E-state index contributed by atoms with van der Waals surface area (Å²) in [5.41, 5.74) is 0. The molecule has 1 saturated heterocycles. The number of aromatic nitrogens is 2. The molecule has 7 nitrogen and oxygen atoms in total. The largest absolute Gasteiger partial charge is 0.481 e. The van der Waals surface area contributed by atoms with Gasteiger partial charge < -0.3 is 9.67 Å². The van der Waals surface area contributed by atoms with Crippen LogP contribution in [-0.4, -0.2) is 46.4 Å². The van der Waals surface area contributed by atoms with E-state index in [1.165, 1.54) is 4.31 Å². The summed E-state index contributed by atoms with van der Waals surface area (Å²) in [4.78, 5) is 15.2. The summed E-state index contributed by atoms with van der Waals surface area (Å²) in [6.07, 6.45) is 3.51. The van der Waals surface area contributed by atoms with E-state index in [4.69, 9.17) is 5.11 Å². The lowest BCUT2D eigenvalue weighted by atomic mass is 10.0. The van der Waals surface area contributed by atoms with Gasteiger partial charge in [-0.25, -0.2) is 13.4 Å². The van der Waals surface area contributed by atoms with Crippen LogP contribution in [-0.2, 0) is 21.4 Å². The molecule has 1 aromatic rings. The van der Waals surface area contributed by atoms with Crippen LogP contribution in [0.5, 0.6) is 0 Å². The molecule has 0 aliphatic carbocycles. The number of carbonyl (C=O) groups is 1. The highest BCUT2D eigenvalue weighted by Crippen LogP contribution is 2.23. The topological polar surface area (TPSA) is 92.5 Å². The van der Waals surface area contributed by atoms with Gasteiger partial charge >= 0.3 is 5.97 Å². The van der Waals surface area contributed by atoms with E-state index in [0.717, 1.165) is 6.42 Å². The zero-order valence-electron chi connectivity index (χ0n) is 12.3. The molecule has 0 bridgehead atoms. The van der Waals surface area contributed by atoms with Crippen LogP contribution in [0.15, 0.2) is 11.2 Å². The molecule has 1 aromatic heterocycles. The Morgan fingerprint density at radius 2 is 2.24 bits per heavy atom. The molecule has 1 aliphatic heterocycles. The second-order valence-electron chi connectivity index (χ2n) is 5.36. The first-order valence-electron chi connectivity index (χ1n) is 7.13. The highest BCUT2D eigenvalue weighted by Gasteiger charge is 2.34. The normalized spacial score (nSPS) is 20.6. The molecule has 1 fully saturated rings. The fourth-order valence-electron chi connectivity index (χ4n) is 2.57. The predicted molar refractivity (Wildman–Crippen MR) is 76.4 cm³/mol. The Bertz CT molecular complexity index is 623. The fraction of sp³-hybridized carbons (Fsp3) is 0.692. The quantitative estimate of drug-likeness (QED) is 0.878. The Hall–Kier alpha value is -1.41. The Morgan fingerprint density at radius 1 is 1.52 bits per heavy atom. The SMILES string of the molecule is CCCn1cc(S(=O)(=O)N2CCC[C@H](C(=O)O)C2)nc1C. The molecule has 2 rings (SSSR count). The molecule has 21 heavy (non-hydrogen) atoms. The van der Waals surface area contributed by atoms with Gasteiger partial charge in [0.1, 0.15) is 5.82 Å². The average molecular weight is 315 g/mol. The van der Waals surface area contributed by atoms with Crippen molar-refractivity contribution >= 4 is 16.0 Å². The molecule has 1 aliphatic rings. The first kappa shape index (κ1) is 16.0. The zero-order valence-corrected chi connectivity index (χ0v) is 13.1. The summed E-state index contributed by atoms with van der Waals surface area (Å²) in [5, 5.41) is 9.08. The maximum atomic E-state index is 12.6. The lowest BCUT2D eigenvalue weighted by Crippen LogP contribution is -2.42. The van der Waals surface area contributed by atoms with Gasteiger partial charge in [0.25, 0.3) is 10.0 Å². The van der Waals surface area contributed by atoms with Crippen LogP contribution in [0, 0.1) is 12.8 Å². The second-order valence-corrected chi connectivity index (χ2v) is 7.24. The van der Waals surface area contributed by atoms with Crippen molar-refractivity contribution in [2.75, 3.05) is 13.1 Å². The third-order valence-electron chi connectivity index (χ3n) is 3.76. The van der Waals surface area contributed by atoms with Gasteiger partial charge in [-0.2, -0.15) is 4.31 Å². The number of carboxylic acids is 1. The van der Waals surface area contributed by atoms with Crippen molar-refractivity contribution in [2.45, 2.75) is 44.7 Å². The van der Waals surface area contributed by atoms with Gasteiger partial charge in [-0.15, -0.1) is 0 Å². The Balaban J connectivity index is 2.25. The van der Waals surface area contributed by atoms with Crippen molar-refractivity contribution in [3.8, 4) is 0 Å². The molecular weight excluding hydrogens is 294 g/mol. The van der Waals surface area contributed by atoms with E-state index in [2.05, 4.69) is 4.98 Å². The molecule has 0 amide bonds. The van der Waals surface area contributed by atoms with Crippen LogP contribution in [0.2, 0.25) is 0 Å². The van der Waals surface area contributed by atoms with Gasteiger partial charge in [0.2, 0.25) is 0 Å². The van der Waals surface area contributed by atoms with E-state index in [9.17, 15) is 13.2 Å². The third-order valence-corrected chi connectivity index (χ3v) is 5.49. The van der Waals surface area contributed by atoms with Crippen molar-refractivity contribution < 1.29 is 18.3 Å². The molecular formula is C13H21N3O4S. The molecule has 2 heterocycles. The molecule has 0 unspecified atom stereocenters. The number of nitrogens with zero attached hydrogens (tertiary/aromatic N) is 3. The van der Waals surface area contributed by atoms with Crippen molar-refractivity contribution in [1.82, 2.24) is 13.9 Å². The molecule has 0 radical (unpaired) electrons. The van der Waals surface area contributed by atoms with E-state index >= 15 is 0 Å². The van der Waals surface area contributed by atoms with Crippen LogP contribution < -0.4 is 0 Å². The van der Waals surface area contributed by atoms with Crippen molar-refractivity contribution in [3.05, 3.63) is 12.0 Å². The number of rotatable bonds is 5. The monoisotopic (exact) mass is 315 g/mol. The molecule has 0 saturated carbocycles. The standard InChI is InChI=1S/C13H21N3O4S/c1-3-6-15-9-12(14-10(15)2)21(19,20)16-7-4-5-11(8-16)13(17)18/h9,11H,3-8H2,1-2H3,(H,17,18)/t11-/m0/s1. The Labute approximate surface area is 124 Å². The van der Waals surface area contributed by atoms with Gasteiger partial charge in [0, 0.05) is 25.8 Å². The minimum Gasteiger partial charge on any atom is -0.481 e. The number of aliphatic carboxylic acids is 1. The van der Waals surface area contributed by atoms with Crippen LogP contribution in [0.3, 0.4) is 0 Å². The minimum absolute atomic E-state index is 0.0134. The Kier molecular flexibility index (Phi) is 4.67. The number of sulfonamides is 1. The maximum absolute atomic E-state index is 12.6. The first-order valence-corrected chi connectivity index (χ1v) is 8.57. The van der Waals surface area contributed by atoms with E-state index in [-0.39, 0.29) is 11.6 Å². The van der Waals surface area contributed by atoms with Crippen LogP contribution in [0.4, 0.5) is 0 Å². The fourth-order valence-corrected chi connectivity index (χ4v) is 4.08. The third kappa shape index (κ3) is 3.26. The van der Waals surface area contributed by atoms with E-state index in [1.54, 1.807) is 13.1 Å².